The number of esters is 1. The number of carbonyl (C=O) groups is 3. The van der Waals surface area contributed by atoms with Crippen molar-refractivity contribution in [2.45, 2.75) is 12.4 Å². The molecule has 0 saturated carbocycles. The maximum atomic E-state index is 10.6. The molecule has 1 aliphatic rings. The number of aliphatic hydroxyl groups is 2. The zero-order valence-electron chi connectivity index (χ0n) is 5.59. The van der Waals surface area contributed by atoms with Crippen LogP contribution in [0.15, 0.2) is 0 Å². The SMILES string of the molecule is O=C1OC(=O)C(=O)C(O)C(O)O1. The third kappa shape index (κ3) is 1.41. The van der Waals surface area contributed by atoms with E-state index in [0.29, 0.717) is 0 Å². The first-order chi connectivity index (χ1) is 5.52. The largest absolute Gasteiger partial charge is 0.518 e. The number of cyclic esters (lactones) is 3. The van der Waals surface area contributed by atoms with Crippen molar-refractivity contribution in [2.24, 2.45) is 0 Å². The number of hydrogen-bond acceptors (Lipinski definition) is 7. The van der Waals surface area contributed by atoms with Gasteiger partial charge >= 0.3 is 12.1 Å². The van der Waals surface area contributed by atoms with Gasteiger partial charge in [-0.25, -0.2) is 9.59 Å². The highest BCUT2D eigenvalue weighted by atomic mass is 16.8. The summed E-state index contributed by atoms with van der Waals surface area (Å²) in [5, 5.41) is 17.4. The predicted octanol–water partition coefficient (Wildman–Crippen LogP) is -2.07. The van der Waals surface area contributed by atoms with E-state index >= 15 is 0 Å². The van der Waals surface area contributed by atoms with Crippen molar-refractivity contribution in [3.63, 3.8) is 0 Å². The van der Waals surface area contributed by atoms with Crippen molar-refractivity contribution >= 4 is 17.9 Å². The zero-order chi connectivity index (χ0) is 9.30. The van der Waals surface area contributed by atoms with Gasteiger partial charge in [0.1, 0.15) is 0 Å². The minimum Gasteiger partial charge on any atom is -0.401 e. The van der Waals surface area contributed by atoms with Gasteiger partial charge < -0.3 is 19.7 Å². The summed E-state index contributed by atoms with van der Waals surface area (Å²) < 4.78 is 7.56. The Balaban J connectivity index is 2.87. The van der Waals surface area contributed by atoms with Gasteiger partial charge in [-0.05, 0) is 0 Å². The van der Waals surface area contributed by atoms with E-state index in [9.17, 15) is 14.4 Å². The standard InChI is InChI=1S/C5H4O7/c6-1-2(7)4(9)12-5(10)11-3(1)8/h1,3,6,8H. The molecule has 1 aliphatic heterocycles. The molecular weight excluding hydrogens is 172 g/mol. The average molecular weight is 176 g/mol. The Labute approximate surface area is 65.5 Å². The molecule has 1 saturated heterocycles. The lowest BCUT2D eigenvalue weighted by Crippen LogP contribution is -2.36. The van der Waals surface area contributed by atoms with E-state index in [2.05, 4.69) is 9.47 Å². The molecule has 0 spiro atoms. The summed E-state index contributed by atoms with van der Waals surface area (Å²) >= 11 is 0. The van der Waals surface area contributed by atoms with Crippen LogP contribution in [0, 0.1) is 0 Å². The smallest absolute Gasteiger partial charge is 0.401 e. The number of ketones is 1. The molecular formula is C5H4O7. The lowest BCUT2D eigenvalue weighted by Gasteiger charge is -2.08. The van der Waals surface area contributed by atoms with Crippen molar-refractivity contribution in [2.75, 3.05) is 0 Å². The fraction of sp³-hybridized carbons (Fsp3) is 0.400. The molecule has 2 unspecified atom stereocenters. The van der Waals surface area contributed by atoms with Crippen LogP contribution in [0.4, 0.5) is 4.79 Å². The van der Waals surface area contributed by atoms with Crippen LogP contribution in [-0.4, -0.2) is 40.5 Å². The molecule has 0 aromatic heterocycles. The summed E-state index contributed by atoms with van der Waals surface area (Å²) in [6.07, 6.45) is -5.65. The van der Waals surface area contributed by atoms with Crippen LogP contribution in [0.5, 0.6) is 0 Å². The predicted molar refractivity (Wildman–Crippen MR) is 29.6 cm³/mol. The van der Waals surface area contributed by atoms with Crippen LogP contribution < -0.4 is 0 Å². The molecule has 2 N–H and O–H groups in total. The van der Waals surface area contributed by atoms with Gasteiger partial charge in [0.15, 0.2) is 6.10 Å². The first-order valence-electron chi connectivity index (χ1n) is 2.85. The van der Waals surface area contributed by atoms with Gasteiger partial charge in [-0.2, -0.15) is 0 Å². The van der Waals surface area contributed by atoms with Gasteiger partial charge in [0.05, 0.1) is 0 Å². The number of ether oxygens (including phenoxy) is 2. The Morgan fingerprint density at radius 3 is 2.33 bits per heavy atom. The summed E-state index contributed by atoms with van der Waals surface area (Å²) in [7, 11) is 0. The Morgan fingerprint density at radius 1 is 1.17 bits per heavy atom. The second-order valence-corrected chi connectivity index (χ2v) is 1.96. The third-order valence-corrected chi connectivity index (χ3v) is 1.13. The Bertz CT molecular complexity index is 244. The van der Waals surface area contributed by atoms with Crippen LogP contribution in [0.3, 0.4) is 0 Å². The van der Waals surface area contributed by atoms with E-state index in [1.165, 1.54) is 0 Å². The Hall–Kier alpha value is -1.47. The molecule has 1 fully saturated rings. The molecule has 0 amide bonds. The highest BCUT2D eigenvalue weighted by Gasteiger charge is 2.39. The summed E-state index contributed by atoms with van der Waals surface area (Å²) in [4.78, 5) is 31.3. The maximum absolute atomic E-state index is 10.6. The van der Waals surface area contributed by atoms with Crippen LogP contribution in [0.2, 0.25) is 0 Å². The highest BCUT2D eigenvalue weighted by molar-refractivity contribution is 6.37. The molecule has 66 valence electrons. The van der Waals surface area contributed by atoms with Crippen molar-refractivity contribution < 1.29 is 34.1 Å². The third-order valence-electron chi connectivity index (χ3n) is 1.13. The zero-order valence-corrected chi connectivity index (χ0v) is 5.59. The van der Waals surface area contributed by atoms with E-state index in [4.69, 9.17) is 10.2 Å². The second-order valence-electron chi connectivity index (χ2n) is 1.96. The number of Topliss-reactive ketones (excluding diaryl/α,β-unsaturated/α-hetero) is 1. The normalized spacial score (nSPS) is 30.7. The maximum Gasteiger partial charge on any atom is 0.518 e. The number of carbonyl (C=O) groups excluding carboxylic acids is 3. The first kappa shape index (κ1) is 8.62. The minimum atomic E-state index is -2.08. The van der Waals surface area contributed by atoms with Crippen LogP contribution in [0.25, 0.3) is 0 Å². The lowest BCUT2D eigenvalue weighted by atomic mass is 10.2. The molecule has 0 radical (unpaired) electrons. The van der Waals surface area contributed by atoms with Crippen molar-refractivity contribution in [3.05, 3.63) is 0 Å². The van der Waals surface area contributed by atoms with Crippen molar-refractivity contribution in [1.29, 1.82) is 0 Å². The monoisotopic (exact) mass is 176 g/mol. The van der Waals surface area contributed by atoms with Crippen molar-refractivity contribution in [1.82, 2.24) is 0 Å². The van der Waals surface area contributed by atoms with Gasteiger partial charge in [-0.3, -0.25) is 4.79 Å². The van der Waals surface area contributed by atoms with Gasteiger partial charge in [-0.1, -0.05) is 0 Å². The molecule has 0 aliphatic carbocycles. The molecule has 1 rings (SSSR count). The summed E-state index contributed by atoms with van der Waals surface area (Å²) in [6.45, 7) is 0. The molecule has 0 aromatic rings. The molecule has 2 atom stereocenters. The summed E-state index contributed by atoms with van der Waals surface area (Å²) in [6, 6.07) is 0. The molecule has 0 bridgehead atoms. The Kier molecular flexibility index (Phi) is 2.07. The van der Waals surface area contributed by atoms with Gasteiger partial charge in [0.2, 0.25) is 6.29 Å². The van der Waals surface area contributed by atoms with Gasteiger partial charge in [0.25, 0.3) is 5.78 Å². The molecule has 7 nitrogen and oxygen atoms in total. The number of hydrogen-bond donors (Lipinski definition) is 2. The van der Waals surface area contributed by atoms with E-state index in [1.54, 1.807) is 0 Å². The van der Waals surface area contributed by atoms with Gasteiger partial charge in [0, 0.05) is 0 Å². The lowest BCUT2D eigenvalue weighted by molar-refractivity contribution is -0.156. The van der Waals surface area contributed by atoms with Gasteiger partial charge in [-0.15, -0.1) is 0 Å². The second kappa shape index (κ2) is 2.88. The summed E-state index contributed by atoms with van der Waals surface area (Å²) in [5.41, 5.74) is 0. The fourth-order valence-electron chi connectivity index (χ4n) is 0.563. The van der Waals surface area contributed by atoms with Crippen LogP contribution >= 0.6 is 0 Å². The van der Waals surface area contributed by atoms with Crippen LogP contribution in [-0.2, 0) is 19.1 Å². The fourth-order valence-corrected chi connectivity index (χ4v) is 0.563. The average Bonchev–Trinajstić information content (AvgIpc) is 2.05. The van der Waals surface area contributed by atoms with E-state index < -0.39 is 30.3 Å². The Morgan fingerprint density at radius 2 is 1.75 bits per heavy atom. The minimum absolute atomic E-state index is 1.42. The first-order valence-corrected chi connectivity index (χ1v) is 2.85. The highest BCUT2D eigenvalue weighted by Crippen LogP contribution is 2.06. The number of aliphatic hydroxyl groups excluding tert-OH is 2. The topological polar surface area (TPSA) is 110 Å². The molecule has 1 heterocycles. The van der Waals surface area contributed by atoms with Crippen molar-refractivity contribution in [3.8, 4) is 0 Å². The summed E-state index contributed by atoms with van der Waals surface area (Å²) in [5.74, 6) is -2.97. The van der Waals surface area contributed by atoms with E-state index in [0.717, 1.165) is 0 Å². The number of rotatable bonds is 0. The molecule has 12 heavy (non-hydrogen) atoms. The molecule has 0 aromatic carbocycles. The quantitative estimate of drug-likeness (QED) is 0.248. The van der Waals surface area contributed by atoms with E-state index in [-0.39, 0.29) is 0 Å². The van der Waals surface area contributed by atoms with Crippen LogP contribution in [0.1, 0.15) is 0 Å². The van der Waals surface area contributed by atoms with E-state index in [1.807, 2.05) is 0 Å². The molecule has 7 heteroatoms.